The Labute approximate surface area is 110 Å². The lowest BCUT2D eigenvalue weighted by Gasteiger charge is -2.06. The van der Waals surface area contributed by atoms with Crippen molar-refractivity contribution in [1.82, 2.24) is 9.78 Å². The number of benzene rings is 2. The number of nitrogens with zero attached hydrogens (tertiary/aromatic N) is 2. The van der Waals surface area contributed by atoms with Gasteiger partial charge in [0, 0.05) is 23.6 Å². The van der Waals surface area contributed by atoms with Crippen LogP contribution in [0.2, 0.25) is 0 Å². The molecule has 2 aromatic carbocycles. The fourth-order valence-corrected chi connectivity index (χ4v) is 2.37. The molecule has 0 bridgehead atoms. The number of fused-ring (bicyclic) bond motifs is 1. The standard InChI is InChI=1S/C15H14FN3/c1-9-14(18-19(2)15(9)17)12-7-8-13(16)11-6-4-3-5-10(11)12/h3-8H,17H2,1-2H3. The molecular formula is C15H14FN3. The quantitative estimate of drug-likeness (QED) is 0.725. The van der Waals surface area contributed by atoms with Crippen molar-refractivity contribution in [1.29, 1.82) is 0 Å². The maximum absolute atomic E-state index is 13.8. The Balaban J connectivity index is 2.37. The van der Waals surface area contributed by atoms with Gasteiger partial charge in [-0.2, -0.15) is 5.10 Å². The fraction of sp³-hybridized carbons (Fsp3) is 0.133. The van der Waals surface area contributed by atoms with Crippen LogP contribution in [-0.2, 0) is 7.05 Å². The van der Waals surface area contributed by atoms with Gasteiger partial charge >= 0.3 is 0 Å². The molecular weight excluding hydrogens is 241 g/mol. The third-order valence-corrected chi connectivity index (χ3v) is 3.46. The number of anilines is 1. The second-order valence-electron chi connectivity index (χ2n) is 4.62. The molecule has 3 aromatic rings. The van der Waals surface area contributed by atoms with Crippen LogP contribution < -0.4 is 5.73 Å². The molecule has 0 amide bonds. The first-order valence-electron chi connectivity index (χ1n) is 6.06. The zero-order valence-corrected chi connectivity index (χ0v) is 10.8. The highest BCUT2D eigenvalue weighted by atomic mass is 19.1. The van der Waals surface area contributed by atoms with Gasteiger partial charge in [0.05, 0.1) is 5.69 Å². The molecule has 19 heavy (non-hydrogen) atoms. The van der Waals surface area contributed by atoms with E-state index in [0.717, 1.165) is 22.2 Å². The molecule has 0 atom stereocenters. The third-order valence-electron chi connectivity index (χ3n) is 3.46. The molecule has 0 unspecified atom stereocenters. The summed E-state index contributed by atoms with van der Waals surface area (Å²) in [6.07, 6.45) is 0. The Morgan fingerprint density at radius 1 is 1.11 bits per heavy atom. The van der Waals surface area contributed by atoms with Gasteiger partial charge in [0.2, 0.25) is 0 Å². The molecule has 3 rings (SSSR count). The van der Waals surface area contributed by atoms with Crippen molar-refractivity contribution in [2.24, 2.45) is 7.05 Å². The van der Waals surface area contributed by atoms with Crippen LogP contribution in [0.25, 0.3) is 22.0 Å². The normalized spacial score (nSPS) is 11.1. The molecule has 96 valence electrons. The zero-order chi connectivity index (χ0) is 13.6. The number of aryl methyl sites for hydroxylation is 1. The van der Waals surface area contributed by atoms with Gasteiger partial charge in [-0.25, -0.2) is 4.39 Å². The van der Waals surface area contributed by atoms with Gasteiger partial charge in [0.15, 0.2) is 0 Å². The SMILES string of the molecule is Cc1c(-c2ccc(F)c3ccccc23)nn(C)c1N. The summed E-state index contributed by atoms with van der Waals surface area (Å²) in [6, 6.07) is 10.6. The van der Waals surface area contributed by atoms with E-state index in [9.17, 15) is 4.39 Å². The largest absolute Gasteiger partial charge is 0.384 e. The lowest BCUT2D eigenvalue weighted by atomic mass is 10.00. The summed E-state index contributed by atoms with van der Waals surface area (Å²) in [5, 5.41) is 5.88. The van der Waals surface area contributed by atoms with Crippen LogP contribution in [0.15, 0.2) is 36.4 Å². The van der Waals surface area contributed by atoms with E-state index in [0.29, 0.717) is 11.2 Å². The molecule has 1 heterocycles. The lowest BCUT2D eigenvalue weighted by Crippen LogP contribution is -1.97. The molecule has 0 aliphatic rings. The van der Waals surface area contributed by atoms with Crippen LogP contribution >= 0.6 is 0 Å². The monoisotopic (exact) mass is 255 g/mol. The van der Waals surface area contributed by atoms with E-state index in [2.05, 4.69) is 5.10 Å². The molecule has 4 heteroatoms. The van der Waals surface area contributed by atoms with Gasteiger partial charge in [-0.15, -0.1) is 0 Å². The number of halogens is 1. The Morgan fingerprint density at radius 3 is 2.42 bits per heavy atom. The second-order valence-corrected chi connectivity index (χ2v) is 4.62. The topological polar surface area (TPSA) is 43.8 Å². The molecule has 0 spiro atoms. The first kappa shape index (κ1) is 11.7. The maximum atomic E-state index is 13.8. The van der Waals surface area contributed by atoms with Crippen LogP contribution in [0, 0.1) is 12.7 Å². The molecule has 0 radical (unpaired) electrons. The molecule has 3 nitrogen and oxygen atoms in total. The minimum absolute atomic E-state index is 0.221. The Bertz CT molecular complexity index is 774. The number of nitrogen functional groups attached to an aromatic ring is 1. The van der Waals surface area contributed by atoms with Gasteiger partial charge in [0.25, 0.3) is 0 Å². The fourth-order valence-electron chi connectivity index (χ4n) is 2.37. The number of nitrogens with two attached hydrogens (primary N) is 1. The average molecular weight is 255 g/mol. The molecule has 2 N–H and O–H groups in total. The minimum Gasteiger partial charge on any atom is -0.384 e. The number of rotatable bonds is 1. The second kappa shape index (κ2) is 4.09. The van der Waals surface area contributed by atoms with Crippen molar-refractivity contribution >= 4 is 16.6 Å². The number of hydrogen-bond acceptors (Lipinski definition) is 2. The Morgan fingerprint density at radius 2 is 1.79 bits per heavy atom. The van der Waals surface area contributed by atoms with Gasteiger partial charge in [-0.3, -0.25) is 4.68 Å². The first-order valence-corrected chi connectivity index (χ1v) is 6.06. The van der Waals surface area contributed by atoms with Crippen LogP contribution in [-0.4, -0.2) is 9.78 Å². The molecule has 0 aliphatic carbocycles. The highest BCUT2D eigenvalue weighted by Gasteiger charge is 2.15. The van der Waals surface area contributed by atoms with Crippen molar-refractivity contribution in [3.63, 3.8) is 0 Å². The van der Waals surface area contributed by atoms with Crippen LogP contribution in [0.3, 0.4) is 0 Å². The molecule has 0 saturated carbocycles. The Hall–Kier alpha value is -2.36. The van der Waals surface area contributed by atoms with E-state index >= 15 is 0 Å². The van der Waals surface area contributed by atoms with Crippen molar-refractivity contribution < 1.29 is 4.39 Å². The summed E-state index contributed by atoms with van der Waals surface area (Å²) < 4.78 is 15.5. The zero-order valence-electron chi connectivity index (χ0n) is 10.8. The highest BCUT2D eigenvalue weighted by molar-refractivity contribution is 5.97. The third kappa shape index (κ3) is 1.68. The molecule has 0 fully saturated rings. The molecule has 0 aliphatic heterocycles. The summed E-state index contributed by atoms with van der Waals surface area (Å²) in [5.74, 6) is 0.407. The summed E-state index contributed by atoms with van der Waals surface area (Å²) in [5.41, 5.74) is 8.56. The van der Waals surface area contributed by atoms with Gasteiger partial charge in [-0.1, -0.05) is 24.3 Å². The molecule has 0 saturated heterocycles. The van der Waals surface area contributed by atoms with Gasteiger partial charge in [-0.05, 0) is 24.4 Å². The molecule has 1 aromatic heterocycles. The highest BCUT2D eigenvalue weighted by Crippen LogP contribution is 2.32. The average Bonchev–Trinajstić information content (AvgIpc) is 2.67. The van der Waals surface area contributed by atoms with Crippen molar-refractivity contribution in [3.05, 3.63) is 47.8 Å². The smallest absolute Gasteiger partial charge is 0.131 e. The van der Waals surface area contributed by atoms with E-state index in [1.54, 1.807) is 23.9 Å². The van der Waals surface area contributed by atoms with Crippen molar-refractivity contribution in [2.75, 3.05) is 5.73 Å². The summed E-state index contributed by atoms with van der Waals surface area (Å²) >= 11 is 0. The van der Waals surface area contributed by atoms with E-state index in [-0.39, 0.29) is 5.82 Å². The maximum Gasteiger partial charge on any atom is 0.131 e. The lowest BCUT2D eigenvalue weighted by molar-refractivity contribution is 0.640. The van der Waals surface area contributed by atoms with Crippen molar-refractivity contribution in [3.8, 4) is 11.3 Å². The van der Waals surface area contributed by atoms with Crippen LogP contribution in [0.1, 0.15) is 5.56 Å². The van der Waals surface area contributed by atoms with E-state index in [4.69, 9.17) is 5.73 Å². The summed E-state index contributed by atoms with van der Waals surface area (Å²) in [7, 11) is 1.80. The summed E-state index contributed by atoms with van der Waals surface area (Å²) in [6.45, 7) is 1.93. The predicted octanol–water partition coefficient (Wildman–Crippen LogP) is 3.27. The van der Waals surface area contributed by atoms with Crippen LogP contribution in [0.4, 0.5) is 10.2 Å². The van der Waals surface area contributed by atoms with E-state index in [1.165, 1.54) is 6.07 Å². The van der Waals surface area contributed by atoms with Gasteiger partial charge in [0.1, 0.15) is 11.6 Å². The van der Waals surface area contributed by atoms with E-state index in [1.807, 2.05) is 25.1 Å². The first-order chi connectivity index (χ1) is 9.09. The number of hydrogen-bond donors (Lipinski definition) is 1. The Kier molecular flexibility index (Phi) is 2.52. The van der Waals surface area contributed by atoms with E-state index < -0.39 is 0 Å². The van der Waals surface area contributed by atoms with Gasteiger partial charge < -0.3 is 5.73 Å². The predicted molar refractivity (Wildman–Crippen MR) is 75.3 cm³/mol. The number of aromatic nitrogens is 2. The van der Waals surface area contributed by atoms with Crippen LogP contribution in [0.5, 0.6) is 0 Å². The summed E-state index contributed by atoms with van der Waals surface area (Å²) in [4.78, 5) is 0. The van der Waals surface area contributed by atoms with Crippen molar-refractivity contribution in [2.45, 2.75) is 6.92 Å². The minimum atomic E-state index is -0.221.